The lowest BCUT2D eigenvalue weighted by Gasteiger charge is -2.20. The Bertz CT molecular complexity index is 561. The fraction of sp³-hybridized carbons (Fsp3) is 0.200. The minimum atomic E-state index is -0.00969. The van der Waals surface area contributed by atoms with Gasteiger partial charge in [0.2, 0.25) is 0 Å². The van der Waals surface area contributed by atoms with Crippen molar-refractivity contribution >= 4 is 46.4 Å². The van der Waals surface area contributed by atoms with Crippen molar-refractivity contribution in [3.05, 3.63) is 67.6 Å². The molecule has 0 aromatic heterocycles. The van der Waals surface area contributed by atoms with E-state index in [4.69, 9.17) is 46.4 Å². The Morgan fingerprint density at radius 3 is 1.60 bits per heavy atom. The Morgan fingerprint density at radius 1 is 0.800 bits per heavy atom. The molecule has 2 aromatic carbocycles. The van der Waals surface area contributed by atoms with Crippen LogP contribution < -0.4 is 5.32 Å². The van der Waals surface area contributed by atoms with Gasteiger partial charge in [0.25, 0.3) is 0 Å². The zero-order valence-corrected chi connectivity index (χ0v) is 13.8. The molecular formula is C15H13Cl4N. The van der Waals surface area contributed by atoms with E-state index < -0.39 is 0 Å². The van der Waals surface area contributed by atoms with Crippen LogP contribution in [0.2, 0.25) is 20.1 Å². The molecule has 0 spiro atoms. The van der Waals surface area contributed by atoms with Crippen molar-refractivity contribution in [2.75, 3.05) is 6.54 Å². The molecule has 5 heteroatoms. The third-order valence-corrected chi connectivity index (χ3v) is 4.44. The van der Waals surface area contributed by atoms with Crippen LogP contribution in [0.5, 0.6) is 0 Å². The molecule has 2 rings (SSSR count). The Morgan fingerprint density at radius 2 is 1.25 bits per heavy atom. The molecule has 0 fully saturated rings. The van der Waals surface area contributed by atoms with Crippen molar-refractivity contribution < 1.29 is 0 Å². The zero-order chi connectivity index (χ0) is 14.7. The van der Waals surface area contributed by atoms with E-state index >= 15 is 0 Å². The lowest BCUT2D eigenvalue weighted by molar-refractivity contribution is 0.631. The van der Waals surface area contributed by atoms with E-state index in [1.54, 1.807) is 12.1 Å². The van der Waals surface area contributed by atoms with Crippen molar-refractivity contribution in [2.45, 2.75) is 13.0 Å². The third-order valence-electron chi connectivity index (χ3n) is 2.96. The van der Waals surface area contributed by atoms with Gasteiger partial charge in [-0.3, -0.25) is 0 Å². The molecular weight excluding hydrogens is 336 g/mol. The number of hydrogen-bond acceptors (Lipinski definition) is 1. The maximum atomic E-state index is 6.10. The average Bonchev–Trinajstić information content (AvgIpc) is 2.43. The molecule has 0 aliphatic carbocycles. The van der Waals surface area contributed by atoms with E-state index in [-0.39, 0.29) is 6.04 Å². The summed E-state index contributed by atoms with van der Waals surface area (Å²) in [6.45, 7) is 2.85. The Labute approximate surface area is 138 Å². The maximum absolute atomic E-state index is 6.10. The lowest BCUT2D eigenvalue weighted by Crippen LogP contribution is -2.22. The second-order valence-corrected chi connectivity index (χ2v) is 5.97. The van der Waals surface area contributed by atoms with Crippen LogP contribution in [0.3, 0.4) is 0 Å². The summed E-state index contributed by atoms with van der Waals surface area (Å²) in [6.07, 6.45) is 0. The summed E-state index contributed by atoms with van der Waals surface area (Å²) in [4.78, 5) is 0. The van der Waals surface area contributed by atoms with Crippen molar-refractivity contribution in [1.82, 2.24) is 5.32 Å². The first-order chi connectivity index (χ1) is 9.52. The third kappa shape index (κ3) is 3.60. The summed E-state index contributed by atoms with van der Waals surface area (Å²) < 4.78 is 0. The van der Waals surface area contributed by atoms with Crippen LogP contribution in [-0.2, 0) is 0 Å². The Kier molecular flexibility index (Phi) is 5.59. The van der Waals surface area contributed by atoms with Crippen molar-refractivity contribution in [3.63, 3.8) is 0 Å². The maximum Gasteiger partial charge on any atom is 0.0595 e. The van der Waals surface area contributed by atoms with E-state index in [1.165, 1.54) is 0 Å². The van der Waals surface area contributed by atoms with E-state index in [1.807, 2.05) is 31.2 Å². The summed E-state index contributed by atoms with van der Waals surface area (Å²) in [5, 5.41) is 5.56. The van der Waals surface area contributed by atoms with Gasteiger partial charge in [-0.15, -0.1) is 0 Å². The highest BCUT2D eigenvalue weighted by molar-refractivity contribution is 6.42. The Balaban J connectivity index is 2.44. The lowest BCUT2D eigenvalue weighted by atomic mass is 9.98. The molecule has 0 aliphatic heterocycles. The molecule has 0 radical (unpaired) electrons. The van der Waals surface area contributed by atoms with Crippen LogP contribution in [-0.4, -0.2) is 6.54 Å². The summed E-state index contributed by atoms with van der Waals surface area (Å²) in [5.74, 6) is 0. The van der Waals surface area contributed by atoms with E-state index in [2.05, 4.69) is 5.32 Å². The molecule has 0 atom stereocenters. The second-order valence-electron chi connectivity index (χ2n) is 4.34. The zero-order valence-electron chi connectivity index (χ0n) is 10.8. The summed E-state index contributed by atoms with van der Waals surface area (Å²) in [5.41, 5.74) is 2.05. The highest BCUT2D eigenvalue weighted by Crippen LogP contribution is 2.31. The number of hydrogen-bond donors (Lipinski definition) is 1. The fourth-order valence-corrected chi connectivity index (χ4v) is 2.63. The van der Waals surface area contributed by atoms with Crippen LogP contribution >= 0.6 is 46.4 Å². The monoisotopic (exact) mass is 347 g/mol. The summed E-state index contributed by atoms with van der Waals surface area (Å²) in [6, 6.07) is 11.2. The molecule has 0 amide bonds. The Hall–Kier alpha value is -0.440. The van der Waals surface area contributed by atoms with Gasteiger partial charge in [0.1, 0.15) is 0 Å². The SMILES string of the molecule is CCNC(c1ccc(Cl)c(Cl)c1)c1ccc(Cl)c(Cl)c1. The van der Waals surface area contributed by atoms with Crippen LogP contribution in [0, 0.1) is 0 Å². The van der Waals surface area contributed by atoms with Crippen molar-refractivity contribution in [1.29, 1.82) is 0 Å². The van der Waals surface area contributed by atoms with Gasteiger partial charge in [-0.1, -0.05) is 65.5 Å². The van der Waals surface area contributed by atoms with E-state index in [9.17, 15) is 0 Å². The minimum absolute atomic E-state index is 0.00969. The number of halogens is 4. The van der Waals surface area contributed by atoms with Gasteiger partial charge >= 0.3 is 0 Å². The second kappa shape index (κ2) is 7.02. The predicted octanol–water partition coefficient (Wildman–Crippen LogP) is 6.00. The number of benzene rings is 2. The minimum Gasteiger partial charge on any atom is -0.307 e. The van der Waals surface area contributed by atoms with Crippen LogP contribution in [0.4, 0.5) is 0 Å². The number of nitrogens with one attached hydrogen (secondary N) is 1. The highest BCUT2D eigenvalue weighted by atomic mass is 35.5. The van der Waals surface area contributed by atoms with Crippen LogP contribution in [0.15, 0.2) is 36.4 Å². The molecule has 0 bridgehead atoms. The molecule has 106 valence electrons. The van der Waals surface area contributed by atoms with E-state index in [0.717, 1.165) is 17.7 Å². The highest BCUT2D eigenvalue weighted by Gasteiger charge is 2.15. The van der Waals surface area contributed by atoms with Gasteiger partial charge in [-0.2, -0.15) is 0 Å². The fourth-order valence-electron chi connectivity index (χ4n) is 2.02. The topological polar surface area (TPSA) is 12.0 Å². The molecule has 0 saturated heterocycles. The van der Waals surface area contributed by atoms with Crippen LogP contribution in [0.25, 0.3) is 0 Å². The summed E-state index contributed by atoms with van der Waals surface area (Å²) >= 11 is 24.1. The first-order valence-electron chi connectivity index (χ1n) is 6.16. The van der Waals surface area contributed by atoms with Gasteiger partial charge < -0.3 is 5.32 Å². The quantitative estimate of drug-likeness (QED) is 0.714. The normalized spacial score (nSPS) is 11.1. The van der Waals surface area contributed by atoms with Gasteiger partial charge in [0.05, 0.1) is 26.1 Å². The largest absolute Gasteiger partial charge is 0.307 e. The molecule has 0 aliphatic rings. The van der Waals surface area contributed by atoms with Crippen LogP contribution in [0.1, 0.15) is 24.1 Å². The summed E-state index contributed by atoms with van der Waals surface area (Å²) in [7, 11) is 0. The standard InChI is InChI=1S/C15H13Cl4N/c1-2-20-15(9-3-5-11(16)13(18)7-9)10-4-6-12(17)14(19)8-10/h3-8,15,20H,2H2,1H3. The smallest absolute Gasteiger partial charge is 0.0595 e. The molecule has 0 heterocycles. The van der Waals surface area contributed by atoms with Gasteiger partial charge in [0.15, 0.2) is 0 Å². The first kappa shape index (κ1) is 15.9. The van der Waals surface area contributed by atoms with E-state index in [0.29, 0.717) is 20.1 Å². The molecule has 0 saturated carbocycles. The predicted molar refractivity (Wildman–Crippen MR) is 88.4 cm³/mol. The molecule has 2 aromatic rings. The van der Waals surface area contributed by atoms with Gasteiger partial charge in [-0.25, -0.2) is 0 Å². The molecule has 20 heavy (non-hydrogen) atoms. The molecule has 1 nitrogen and oxygen atoms in total. The van der Waals surface area contributed by atoms with Crippen molar-refractivity contribution in [2.24, 2.45) is 0 Å². The molecule has 1 N–H and O–H groups in total. The average molecular weight is 349 g/mol. The number of rotatable bonds is 4. The van der Waals surface area contributed by atoms with Gasteiger partial charge in [0, 0.05) is 0 Å². The first-order valence-corrected chi connectivity index (χ1v) is 7.67. The van der Waals surface area contributed by atoms with Crippen molar-refractivity contribution in [3.8, 4) is 0 Å². The van der Waals surface area contributed by atoms with Gasteiger partial charge in [-0.05, 0) is 41.9 Å². The molecule has 0 unspecified atom stereocenters.